The van der Waals surface area contributed by atoms with Crippen molar-refractivity contribution in [1.29, 1.82) is 0 Å². The molecule has 1 amide bonds. The number of nitrogens with zero attached hydrogens (tertiary/aromatic N) is 2. The number of aryl methyl sites for hydroxylation is 2. The molecule has 2 heterocycles. The van der Waals surface area contributed by atoms with E-state index in [4.69, 9.17) is 0 Å². The van der Waals surface area contributed by atoms with Crippen molar-refractivity contribution in [1.82, 2.24) is 15.3 Å². The van der Waals surface area contributed by atoms with Crippen molar-refractivity contribution in [2.24, 2.45) is 17.3 Å². The van der Waals surface area contributed by atoms with Crippen LogP contribution >= 0.6 is 0 Å². The summed E-state index contributed by atoms with van der Waals surface area (Å²) < 4.78 is 0. The van der Waals surface area contributed by atoms with Gasteiger partial charge in [0.1, 0.15) is 11.4 Å². The van der Waals surface area contributed by atoms with Crippen molar-refractivity contribution in [2.75, 3.05) is 0 Å². The molecule has 5 heteroatoms. The van der Waals surface area contributed by atoms with Crippen molar-refractivity contribution >= 4 is 11.7 Å². The van der Waals surface area contributed by atoms with Gasteiger partial charge in [0.05, 0.1) is 0 Å². The number of nitrogens with one attached hydrogen (secondary N) is 1. The Labute approximate surface area is 177 Å². The lowest BCUT2D eigenvalue weighted by atomic mass is 9.46. The maximum Gasteiger partial charge on any atom is 0.270 e. The van der Waals surface area contributed by atoms with Crippen LogP contribution in [0.3, 0.4) is 0 Å². The highest BCUT2D eigenvalue weighted by atomic mass is 16.2. The SMILES string of the molecule is Cc1cccc(C(=O)CC23CC4CC(C2)CC(NC(=O)c2cccc(C)n2)(C4)C3)n1. The lowest BCUT2D eigenvalue weighted by Gasteiger charge is -2.62. The number of Topliss-reactive ketones (excluding diaryl/α,β-unsaturated/α-hetero) is 1. The maximum atomic E-state index is 13.1. The van der Waals surface area contributed by atoms with Crippen molar-refractivity contribution in [3.63, 3.8) is 0 Å². The van der Waals surface area contributed by atoms with Crippen LogP contribution in [0.25, 0.3) is 0 Å². The van der Waals surface area contributed by atoms with Gasteiger partial charge in [-0.05, 0) is 93.9 Å². The number of hydrogen-bond acceptors (Lipinski definition) is 4. The molecule has 2 unspecified atom stereocenters. The van der Waals surface area contributed by atoms with Gasteiger partial charge in [0.15, 0.2) is 5.78 Å². The quantitative estimate of drug-likeness (QED) is 0.750. The van der Waals surface area contributed by atoms with E-state index >= 15 is 0 Å². The molecule has 0 saturated heterocycles. The molecule has 4 fully saturated rings. The fourth-order valence-corrected chi connectivity index (χ4v) is 6.91. The zero-order valence-corrected chi connectivity index (χ0v) is 17.8. The van der Waals surface area contributed by atoms with Gasteiger partial charge < -0.3 is 5.32 Å². The van der Waals surface area contributed by atoms with E-state index in [-0.39, 0.29) is 22.6 Å². The molecule has 0 aliphatic heterocycles. The van der Waals surface area contributed by atoms with Gasteiger partial charge in [0.2, 0.25) is 0 Å². The van der Waals surface area contributed by atoms with Crippen LogP contribution in [0.4, 0.5) is 0 Å². The van der Waals surface area contributed by atoms with Crippen molar-refractivity contribution in [2.45, 2.75) is 64.3 Å². The van der Waals surface area contributed by atoms with Gasteiger partial charge in [0.25, 0.3) is 5.91 Å². The number of hydrogen-bond donors (Lipinski definition) is 1. The molecule has 2 aromatic rings. The van der Waals surface area contributed by atoms with Crippen LogP contribution < -0.4 is 5.32 Å². The summed E-state index contributed by atoms with van der Waals surface area (Å²) in [6, 6.07) is 11.2. The number of amides is 1. The number of carbonyl (C=O) groups is 2. The van der Waals surface area contributed by atoms with Crippen LogP contribution in [0.15, 0.2) is 36.4 Å². The molecular weight excluding hydrogens is 374 g/mol. The van der Waals surface area contributed by atoms with E-state index in [0.29, 0.717) is 29.6 Å². The number of pyridine rings is 2. The average molecular weight is 404 g/mol. The first kappa shape index (κ1) is 19.4. The Morgan fingerprint density at radius 1 is 0.933 bits per heavy atom. The van der Waals surface area contributed by atoms with Crippen molar-refractivity contribution < 1.29 is 9.59 Å². The Morgan fingerprint density at radius 3 is 2.17 bits per heavy atom. The van der Waals surface area contributed by atoms with Gasteiger partial charge in [-0.3, -0.25) is 14.6 Å². The van der Waals surface area contributed by atoms with E-state index in [1.807, 2.05) is 44.2 Å². The minimum atomic E-state index is -0.201. The topological polar surface area (TPSA) is 72.0 Å². The second-order valence-electron chi connectivity index (χ2n) is 10.1. The van der Waals surface area contributed by atoms with Crippen LogP contribution in [0, 0.1) is 31.1 Å². The summed E-state index contributed by atoms with van der Waals surface area (Å²) in [4.78, 5) is 35.0. The van der Waals surface area contributed by atoms with E-state index in [9.17, 15) is 9.59 Å². The Balaban J connectivity index is 1.38. The maximum absolute atomic E-state index is 13.1. The largest absolute Gasteiger partial charge is 0.345 e. The summed E-state index contributed by atoms with van der Waals surface area (Å²) in [7, 11) is 0. The highest BCUT2D eigenvalue weighted by molar-refractivity contribution is 5.95. The van der Waals surface area contributed by atoms with E-state index < -0.39 is 0 Å². The van der Waals surface area contributed by atoms with Gasteiger partial charge in [-0.2, -0.15) is 0 Å². The molecule has 4 saturated carbocycles. The summed E-state index contributed by atoms with van der Waals surface area (Å²) in [5.74, 6) is 1.25. The molecule has 4 aliphatic carbocycles. The van der Waals surface area contributed by atoms with Crippen LogP contribution in [0.2, 0.25) is 0 Å². The monoisotopic (exact) mass is 403 g/mol. The first-order valence-electron chi connectivity index (χ1n) is 11.1. The predicted octanol–water partition coefficient (Wildman–Crippen LogP) is 4.44. The molecule has 6 rings (SSSR count). The van der Waals surface area contributed by atoms with Crippen LogP contribution in [0.1, 0.15) is 77.3 Å². The van der Waals surface area contributed by atoms with Gasteiger partial charge in [-0.15, -0.1) is 0 Å². The van der Waals surface area contributed by atoms with Gasteiger partial charge in [-0.1, -0.05) is 12.1 Å². The van der Waals surface area contributed by atoms with E-state index in [1.165, 1.54) is 6.42 Å². The summed E-state index contributed by atoms with van der Waals surface area (Å²) in [5, 5.41) is 3.39. The zero-order valence-electron chi connectivity index (χ0n) is 17.8. The Bertz CT molecular complexity index is 923. The molecule has 4 bridgehead atoms. The highest BCUT2D eigenvalue weighted by Crippen LogP contribution is 2.63. The molecule has 1 N–H and O–H groups in total. The Hall–Kier alpha value is -2.56. The molecule has 4 aliphatic rings. The second-order valence-corrected chi connectivity index (χ2v) is 10.1. The molecule has 156 valence electrons. The molecule has 0 radical (unpaired) electrons. The van der Waals surface area contributed by atoms with E-state index in [0.717, 1.165) is 43.5 Å². The van der Waals surface area contributed by atoms with Crippen molar-refractivity contribution in [3.05, 3.63) is 59.2 Å². The molecule has 5 nitrogen and oxygen atoms in total. The van der Waals surface area contributed by atoms with Gasteiger partial charge in [-0.25, -0.2) is 4.98 Å². The second kappa shape index (κ2) is 7.00. The third-order valence-electron chi connectivity index (χ3n) is 7.39. The summed E-state index contributed by atoms with van der Waals surface area (Å²) >= 11 is 0. The number of aromatic nitrogens is 2. The standard InChI is InChI=1S/C25H29N3O2/c1-16-5-3-7-20(26-16)22(29)14-24-10-18-9-19(11-24)13-25(12-18,15-24)28-23(30)21-8-4-6-17(2)27-21/h3-8,18-19H,9-15H2,1-2H3,(H,28,30). The van der Waals surface area contributed by atoms with E-state index in [1.54, 1.807) is 6.07 Å². The number of rotatable bonds is 5. The van der Waals surface area contributed by atoms with Crippen molar-refractivity contribution in [3.8, 4) is 0 Å². The average Bonchev–Trinajstić information content (AvgIpc) is 2.66. The molecule has 0 aromatic carbocycles. The third-order valence-corrected chi connectivity index (χ3v) is 7.39. The Morgan fingerprint density at radius 2 is 1.53 bits per heavy atom. The lowest BCUT2D eigenvalue weighted by molar-refractivity contribution is -0.0771. The number of carbonyl (C=O) groups excluding carboxylic acids is 2. The first-order chi connectivity index (χ1) is 14.3. The summed E-state index contributed by atoms with van der Waals surface area (Å²) in [6.45, 7) is 3.83. The highest BCUT2D eigenvalue weighted by Gasteiger charge is 2.58. The van der Waals surface area contributed by atoms with Crippen LogP contribution in [0.5, 0.6) is 0 Å². The van der Waals surface area contributed by atoms with Gasteiger partial charge >= 0.3 is 0 Å². The number of ketones is 1. The van der Waals surface area contributed by atoms with Gasteiger partial charge in [0, 0.05) is 23.3 Å². The van der Waals surface area contributed by atoms with E-state index in [2.05, 4.69) is 15.3 Å². The first-order valence-corrected chi connectivity index (χ1v) is 11.1. The Kier molecular flexibility index (Phi) is 4.53. The molecular formula is C25H29N3O2. The fraction of sp³-hybridized carbons (Fsp3) is 0.520. The zero-order chi connectivity index (χ0) is 20.9. The molecule has 0 spiro atoms. The predicted molar refractivity (Wildman–Crippen MR) is 114 cm³/mol. The minimum absolute atomic E-state index is 0.0140. The fourth-order valence-electron chi connectivity index (χ4n) is 6.91. The lowest BCUT2D eigenvalue weighted by Crippen LogP contribution is -2.63. The normalized spacial score (nSPS) is 31.5. The summed E-state index contributed by atoms with van der Waals surface area (Å²) in [5.41, 5.74) is 2.57. The summed E-state index contributed by atoms with van der Waals surface area (Å²) in [6.07, 6.45) is 6.92. The third kappa shape index (κ3) is 3.55. The smallest absolute Gasteiger partial charge is 0.270 e. The van der Waals surface area contributed by atoms with Crippen LogP contribution in [-0.4, -0.2) is 27.2 Å². The van der Waals surface area contributed by atoms with Crippen LogP contribution in [-0.2, 0) is 0 Å². The molecule has 2 aromatic heterocycles. The minimum Gasteiger partial charge on any atom is -0.345 e. The molecule has 2 atom stereocenters. The molecule has 30 heavy (non-hydrogen) atoms.